The molecule has 0 radical (unpaired) electrons. The quantitative estimate of drug-likeness (QED) is 0.673. The van der Waals surface area contributed by atoms with Gasteiger partial charge >= 0.3 is 0 Å². The molecule has 96 valence electrons. The van der Waals surface area contributed by atoms with Crippen LogP contribution in [-0.2, 0) is 10.2 Å². The van der Waals surface area contributed by atoms with Crippen LogP contribution in [0, 0.1) is 0 Å². The lowest BCUT2D eigenvalue weighted by Gasteiger charge is -2.32. The Morgan fingerprint density at radius 3 is 2.75 bits per heavy atom. The Bertz CT molecular complexity index is 292. The molecule has 1 aliphatic rings. The van der Waals surface area contributed by atoms with Crippen LogP contribution in [0.2, 0.25) is 0 Å². The minimum absolute atomic E-state index is 0.101. The minimum Gasteiger partial charge on any atom is -0.396 e. The van der Waals surface area contributed by atoms with Crippen molar-refractivity contribution in [2.75, 3.05) is 19.7 Å². The number of nitrogens with one attached hydrogen (secondary N) is 1. The highest BCUT2D eigenvalue weighted by Gasteiger charge is 2.28. The molecule has 1 saturated heterocycles. The molecule has 1 rings (SSSR count). The van der Waals surface area contributed by atoms with Gasteiger partial charge in [0, 0.05) is 25.7 Å². The van der Waals surface area contributed by atoms with E-state index in [1.165, 1.54) is 0 Å². The summed E-state index contributed by atoms with van der Waals surface area (Å²) in [6, 6.07) is 0.101. The summed E-state index contributed by atoms with van der Waals surface area (Å²) in [6.45, 7) is 3.09. The third-order valence-electron chi connectivity index (χ3n) is 2.92. The number of piperidine rings is 1. The molecule has 0 aromatic rings. The lowest BCUT2D eigenvalue weighted by atomic mass is 10.1. The molecule has 1 fully saturated rings. The molecular formula is C10H22N2O3S. The summed E-state index contributed by atoms with van der Waals surface area (Å²) in [5, 5.41) is 8.60. The number of aliphatic hydroxyl groups is 1. The van der Waals surface area contributed by atoms with Crippen molar-refractivity contribution in [3.8, 4) is 0 Å². The topological polar surface area (TPSA) is 69.6 Å². The first-order valence-corrected chi connectivity index (χ1v) is 7.39. The van der Waals surface area contributed by atoms with E-state index in [4.69, 9.17) is 5.11 Å². The van der Waals surface area contributed by atoms with Gasteiger partial charge in [-0.1, -0.05) is 6.42 Å². The van der Waals surface area contributed by atoms with Crippen molar-refractivity contribution in [2.24, 2.45) is 0 Å². The van der Waals surface area contributed by atoms with Gasteiger partial charge in [-0.05, 0) is 32.6 Å². The van der Waals surface area contributed by atoms with Crippen LogP contribution in [0.3, 0.4) is 0 Å². The maximum atomic E-state index is 11.9. The Hall–Kier alpha value is -0.170. The molecule has 0 saturated carbocycles. The van der Waals surface area contributed by atoms with Crippen molar-refractivity contribution in [2.45, 2.75) is 45.1 Å². The Morgan fingerprint density at radius 1 is 1.38 bits per heavy atom. The third kappa shape index (κ3) is 4.01. The van der Waals surface area contributed by atoms with Crippen LogP contribution < -0.4 is 4.72 Å². The number of aliphatic hydroxyl groups excluding tert-OH is 1. The van der Waals surface area contributed by atoms with Gasteiger partial charge in [0.2, 0.25) is 0 Å². The summed E-state index contributed by atoms with van der Waals surface area (Å²) in [7, 11) is -3.31. The van der Waals surface area contributed by atoms with Crippen LogP contribution in [0.25, 0.3) is 0 Å². The summed E-state index contributed by atoms with van der Waals surface area (Å²) in [5.41, 5.74) is 0. The molecule has 6 heteroatoms. The molecule has 1 atom stereocenters. The molecule has 0 amide bonds. The molecule has 16 heavy (non-hydrogen) atoms. The van der Waals surface area contributed by atoms with Gasteiger partial charge in [-0.15, -0.1) is 0 Å². The Kier molecular flexibility index (Phi) is 5.68. The molecule has 0 aromatic carbocycles. The Balaban J connectivity index is 2.42. The first-order chi connectivity index (χ1) is 7.58. The average molecular weight is 250 g/mol. The van der Waals surface area contributed by atoms with E-state index < -0.39 is 10.2 Å². The summed E-state index contributed by atoms with van der Waals surface area (Å²) >= 11 is 0. The van der Waals surface area contributed by atoms with Crippen molar-refractivity contribution in [3.63, 3.8) is 0 Å². The van der Waals surface area contributed by atoms with Crippen LogP contribution in [-0.4, -0.2) is 43.6 Å². The average Bonchev–Trinajstić information content (AvgIpc) is 2.25. The number of unbranched alkanes of at least 4 members (excludes halogenated alkanes) is 1. The van der Waals surface area contributed by atoms with Crippen molar-refractivity contribution in [1.29, 1.82) is 0 Å². The Labute approximate surface area is 98.0 Å². The fourth-order valence-electron chi connectivity index (χ4n) is 1.95. The highest BCUT2D eigenvalue weighted by Crippen LogP contribution is 2.18. The smallest absolute Gasteiger partial charge is 0.279 e. The normalized spacial score (nSPS) is 23.5. The standard InChI is InChI=1S/C10H22N2O3S/c1-10-6-2-4-8-12(10)16(14,15)11-7-3-5-9-13/h10-11,13H,2-9H2,1H3. The second kappa shape index (κ2) is 6.54. The van der Waals surface area contributed by atoms with Gasteiger partial charge in [0.15, 0.2) is 0 Å². The largest absolute Gasteiger partial charge is 0.396 e. The fourth-order valence-corrected chi connectivity index (χ4v) is 3.47. The molecule has 0 spiro atoms. The van der Waals surface area contributed by atoms with Crippen molar-refractivity contribution in [1.82, 2.24) is 9.03 Å². The molecule has 1 heterocycles. The van der Waals surface area contributed by atoms with Gasteiger partial charge in [0.05, 0.1) is 0 Å². The highest BCUT2D eigenvalue weighted by molar-refractivity contribution is 7.87. The third-order valence-corrected chi connectivity index (χ3v) is 4.65. The molecule has 2 N–H and O–H groups in total. The molecule has 0 aliphatic carbocycles. The maximum Gasteiger partial charge on any atom is 0.279 e. The van der Waals surface area contributed by atoms with E-state index in [9.17, 15) is 8.42 Å². The zero-order valence-corrected chi connectivity index (χ0v) is 10.7. The van der Waals surface area contributed by atoms with E-state index in [-0.39, 0.29) is 12.6 Å². The summed E-state index contributed by atoms with van der Waals surface area (Å²) in [5.74, 6) is 0. The van der Waals surface area contributed by atoms with Crippen molar-refractivity contribution in [3.05, 3.63) is 0 Å². The lowest BCUT2D eigenvalue weighted by molar-refractivity contribution is 0.264. The van der Waals surface area contributed by atoms with Gasteiger partial charge < -0.3 is 5.11 Å². The van der Waals surface area contributed by atoms with Gasteiger partial charge in [0.25, 0.3) is 10.2 Å². The number of rotatable bonds is 6. The lowest BCUT2D eigenvalue weighted by Crippen LogP contribution is -2.48. The molecule has 5 nitrogen and oxygen atoms in total. The zero-order valence-electron chi connectivity index (χ0n) is 9.85. The monoisotopic (exact) mass is 250 g/mol. The molecule has 1 unspecified atom stereocenters. The van der Waals surface area contributed by atoms with E-state index in [1.807, 2.05) is 6.92 Å². The van der Waals surface area contributed by atoms with Crippen LogP contribution in [0.5, 0.6) is 0 Å². The Morgan fingerprint density at radius 2 is 2.12 bits per heavy atom. The molecule has 0 aromatic heterocycles. The van der Waals surface area contributed by atoms with Gasteiger partial charge in [-0.3, -0.25) is 0 Å². The first kappa shape index (κ1) is 13.9. The van der Waals surface area contributed by atoms with E-state index >= 15 is 0 Å². The summed E-state index contributed by atoms with van der Waals surface area (Å²) in [4.78, 5) is 0. The van der Waals surface area contributed by atoms with E-state index in [0.29, 0.717) is 25.9 Å². The van der Waals surface area contributed by atoms with Gasteiger partial charge in [0.1, 0.15) is 0 Å². The maximum absolute atomic E-state index is 11.9. The number of nitrogens with zero attached hydrogens (tertiary/aromatic N) is 1. The fraction of sp³-hybridized carbons (Fsp3) is 1.00. The summed E-state index contributed by atoms with van der Waals surface area (Å²) < 4.78 is 28.0. The van der Waals surface area contributed by atoms with Crippen LogP contribution in [0.4, 0.5) is 0 Å². The van der Waals surface area contributed by atoms with E-state index in [0.717, 1.165) is 19.3 Å². The highest BCUT2D eigenvalue weighted by atomic mass is 32.2. The van der Waals surface area contributed by atoms with E-state index in [1.54, 1.807) is 4.31 Å². The predicted molar refractivity (Wildman–Crippen MR) is 63.3 cm³/mol. The zero-order chi connectivity index (χ0) is 12.0. The minimum atomic E-state index is -3.31. The number of hydrogen-bond acceptors (Lipinski definition) is 3. The van der Waals surface area contributed by atoms with Crippen LogP contribution in [0.15, 0.2) is 0 Å². The second-order valence-electron chi connectivity index (χ2n) is 4.29. The van der Waals surface area contributed by atoms with Crippen molar-refractivity contribution >= 4 is 10.2 Å². The van der Waals surface area contributed by atoms with Crippen LogP contribution in [0.1, 0.15) is 39.0 Å². The van der Waals surface area contributed by atoms with E-state index in [2.05, 4.69) is 4.72 Å². The predicted octanol–water partition coefficient (Wildman–Crippen LogP) is 0.468. The number of hydrogen-bond donors (Lipinski definition) is 2. The first-order valence-electron chi connectivity index (χ1n) is 5.95. The SMILES string of the molecule is CC1CCCCN1S(=O)(=O)NCCCCO. The molecular weight excluding hydrogens is 228 g/mol. The van der Waals surface area contributed by atoms with Crippen molar-refractivity contribution < 1.29 is 13.5 Å². The molecule has 0 bridgehead atoms. The van der Waals surface area contributed by atoms with Crippen LogP contribution >= 0.6 is 0 Å². The van der Waals surface area contributed by atoms with Gasteiger partial charge in [-0.25, -0.2) is 4.72 Å². The summed E-state index contributed by atoms with van der Waals surface area (Å²) in [6.07, 6.45) is 4.31. The molecule has 1 aliphatic heterocycles. The second-order valence-corrected chi connectivity index (χ2v) is 5.99. The van der Waals surface area contributed by atoms with Gasteiger partial charge in [-0.2, -0.15) is 12.7 Å².